The molecule has 0 spiro atoms. The van der Waals surface area contributed by atoms with Gasteiger partial charge >= 0.3 is 6.09 Å². The second-order valence-corrected chi connectivity index (χ2v) is 6.77. The normalized spacial score (nSPS) is 24.2. The van der Waals surface area contributed by atoms with E-state index in [1.54, 1.807) is 4.90 Å². The van der Waals surface area contributed by atoms with Gasteiger partial charge in [-0.2, -0.15) is 5.48 Å². The summed E-state index contributed by atoms with van der Waals surface area (Å²) < 4.78 is 5.41. The van der Waals surface area contributed by atoms with Crippen LogP contribution >= 0.6 is 0 Å². The third-order valence-electron chi connectivity index (χ3n) is 3.78. The summed E-state index contributed by atoms with van der Waals surface area (Å²) in [7, 11) is 0. The molecule has 6 heteroatoms. The van der Waals surface area contributed by atoms with Gasteiger partial charge in [-0.25, -0.2) is 4.79 Å². The van der Waals surface area contributed by atoms with Crippen LogP contribution in [0.4, 0.5) is 4.79 Å². The summed E-state index contributed by atoms with van der Waals surface area (Å²) in [4.78, 5) is 21.5. The first-order valence-electron chi connectivity index (χ1n) is 7.58. The van der Waals surface area contributed by atoms with Crippen molar-refractivity contribution in [1.29, 1.82) is 0 Å². The van der Waals surface area contributed by atoms with Gasteiger partial charge in [0.1, 0.15) is 11.4 Å². The van der Waals surface area contributed by atoms with E-state index >= 15 is 0 Å². The summed E-state index contributed by atoms with van der Waals surface area (Å²) in [5.41, 5.74) is 3.84. The maximum Gasteiger partial charge on any atom is 0.410 e. The average Bonchev–Trinajstić information content (AvgIpc) is 2.69. The molecule has 0 aromatic rings. The van der Waals surface area contributed by atoms with Crippen molar-refractivity contribution in [1.82, 2.24) is 15.3 Å². The lowest BCUT2D eigenvalue weighted by Crippen LogP contribution is -2.50. The molecule has 1 N–H and O–H groups in total. The molecule has 2 heterocycles. The maximum atomic E-state index is 12.0. The topological polar surface area (TPSA) is 54.0 Å². The molecule has 0 aliphatic carbocycles. The number of hydroxylamine groups is 1. The minimum Gasteiger partial charge on any atom is -0.444 e. The zero-order valence-corrected chi connectivity index (χ0v) is 13.7. The molecular formula is C15H27N3O3. The van der Waals surface area contributed by atoms with Crippen LogP contribution in [0.1, 0.15) is 34.6 Å². The molecule has 1 unspecified atom stereocenters. The second kappa shape index (κ2) is 6.23. The van der Waals surface area contributed by atoms with E-state index in [0.29, 0.717) is 13.1 Å². The molecule has 0 aromatic heterocycles. The number of nitrogens with zero attached hydrogens (tertiary/aromatic N) is 2. The van der Waals surface area contributed by atoms with Gasteiger partial charge in [0, 0.05) is 38.3 Å². The van der Waals surface area contributed by atoms with Crippen LogP contribution < -0.4 is 5.48 Å². The summed E-state index contributed by atoms with van der Waals surface area (Å²) in [6.07, 6.45) is -0.211. The van der Waals surface area contributed by atoms with Crippen molar-refractivity contribution in [3.63, 3.8) is 0 Å². The Bertz CT molecular complexity index is 420. The van der Waals surface area contributed by atoms with E-state index in [4.69, 9.17) is 9.57 Å². The Balaban J connectivity index is 1.81. The van der Waals surface area contributed by atoms with Crippen LogP contribution in [0.3, 0.4) is 0 Å². The smallest absolute Gasteiger partial charge is 0.410 e. The van der Waals surface area contributed by atoms with E-state index in [-0.39, 0.29) is 12.1 Å². The van der Waals surface area contributed by atoms with Gasteiger partial charge in [-0.15, -0.1) is 0 Å². The predicted octanol–water partition coefficient (Wildman–Crippen LogP) is 1.74. The van der Waals surface area contributed by atoms with Gasteiger partial charge in [0.25, 0.3) is 0 Å². The van der Waals surface area contributed by atoms with E-state index in [9.17, 15) is 4.79 Å². The van der Waals surface area contributed by atoms with E-state index < -0.39 is 5.60 Å². The van der Waals surface area contributed by atoms with Gasteiger partial charge in [0.2, 0.25) is 0 Å². The molecule has 1 atom stereocenters. The minimum atomic E-state index is -0.432. The van der Waals surface area contributed by atoms with Gasteiger partial charge in [0.05, 0.1) is 6.04 Å². The summed E-state index contributed by atoms with van der Waals surface area (Å²) in [5.74, 6) is 0.970. The van der Waals surface area contributed by atoms with Gasteiger partial charge in [0.15, 0.2) is 0 Å². The standard InChI is InChI=1S/C15H27N3O3/c1-11-13(12(2)21-16-11)10-17-6-8-18(9-7-17)14(19)20-15(3,4)5/h11,16H,6-10H2,1-5H3. The lowest BCUT2D eigenvalue weighted by atomic mass is 10.1. The highest BCUT2D eigenvalue weighted by Gasteiger charge is 2.28. The molecule has 1 saturated heterocycles. The third kappa shape index (κ3) is 4.35. The molecule has 21 heavy (non-hydrogen) atoms. The van der Waals surface area contributed by atoms with Crippen LogP contribution in [-0.4, -0.2) is 60.3 Å². The van der Waals surface area contributed by atoms with E-state index in [1.807, 2.05) is 27.7 Å². The Morgan fingerprint density at radius 3 is 2.43 bits per heavy atom. The largest absolute Gasteiger partial charge is 0.444 e. The van der Waals surface area contributed by atoms with Crippen molar-refractivity contribution in [2.24, 2.45) is 0 Å². The number of rotatable bonds is 2. The maximum absolute atomic E-state index is 12.0. The number of ether oxygens (including phenoxy) is 1. The van der Waals surface area contributed by atoms with Crippen molar-refractivity contribution < 1.29 is 14.4 Å². The van der Waals surface area contributed by atoms with Crippen LogP contribution in [0.2, 0.25) is 0 Å². The molecule has 120 valence electrons. The summed E-state index contributed by atoms with van der Waals surface area (Å²) in [5, 5.41) is 0. The highest BCUT2D eigenvalue weighted by atomic mass is 16.7. The number of nitrogens with one attached hydrogen (secondary N) is 1. The first kappa shape index (κ1) is 16.1. The molecule has 0 saturated carbocycles. The van der Waals surface area contributed by atoms with Gasteiger partial charge < -0.3 is 14.5 Å². The SMILES string of the molecule is CC1=C(CN2CCN(C(=O)OC(C)(C)C)CC2)C(C)NO1. The number of carbonyl (C=O) groups excluding carboxylic acids is 1. The number of hydrogen-bond acceptors (Lipinski definition) is 5. The lowest BCUT2D eigenvalue weighted by molar-refractivity contribution is 0.0151. The van der Waals surface area contributed by atoms with Crippen LogP contribution in [0.5, 0.6) is 0 Å². The fourth-order valence-electron chi connectivity index (χ4n) is 2.52. The van der Waals surface area contributed by atoms with Crippen molar-refractivity contribution in [2.45, 2.75) is 46.3 Å². The van der Waals surface area contributed by atoms with Crippen molar-refractivity contribution >= 4 is 6.09 Å². The molecule has 0 radical (unpaired) electrons. The number of allylic oxidation sites excluding steroid dienone is 1. The number of piperazine rings is 1. The Hall–Kier alpha value is -1.27. The molecular weight excluding hydrogens is 270 g/mol. The Morgan fingerprint density at radius 1 is 1.33 bits per heavy atom. The van der Waals surface area contributed by atoms with Crippen LogP contribution in [0.25, 0.3) is 0 Å². The quantitative estimate of drug-likeness (QED) is 0.841. The van der Waals surface area contributed by atoms with Crippen molar-refractivity contribution in [2.75, 3.05) is 32.7 Å². The summed E-state index contributed by atoms with van der Waals surface area (Å²) in [6, 6.07) is 0.258. The molecule has 2 aliphatic heterocycles. The van der Waals surface area contributed by atoms with Gasteiger partial charge in [-0.1, -0.05) is 0 Å². The first-order valence-corrected chi connectivity index (χ1v) is 7.58. The van der Waals surface area contributed by atoms with Gasteiger partial charge in [-0.3, -0.25) is 4.90 Å². The Morgan fingerprint density at radius 2 is 1.95 bits per heavy atom. The fraction of sp³-hybridized carbons (Fsp3) is 0.800. The molecule has 1 amide bonds. The van der Waals surface area contributed by atoms with Crippen molar-refractivity contribution in [3.05, 3.63) is 11.3 Å². The third-order valence-corrected chi connectivity index (χ3v) is 3.78. The first-order chi connectivity index (χ1) is 9.76. The van der Waals surface area contributed by atoms with E-state index in [0.717, 1.165) is 25.4 Å². The minimum absolute atomic E-state index is 0.211. The highest BCUT2D eigenvalue weighted by Crippen LogP contribution is 2.19. The molecule has 2 aliphatic rings. The van der Waals surface area contributed by atoms with Crippen molar-refractivity contribution in [3.8, 4) is 0 Å². The molecule has 1 fully saturated rings. The molecule has 0 bridgehead atoms. The van der Waals surface area contributed by atoms with Crippen LogP contribution in [0.15, 0.2) is 11.3 Å². The number of hydrogen-bond donors (Lipinski definition) is 1. The fourth-order valence-corrected chi connectivity index (χ4v) is 2.52. The monoisotopic (exact) mass is 297 g/mol. The van der Waals surface area contributed by atoms with Gasteiger partial charge in [-0.05, 0) is 34.6 Å². The number of amides is 1. The number of carbonyl (C=O) groups is 1. The molecule has 0 aromatic carbocycles. The molecule has 2 rings (SSSR count). The Kier molecular flexibility index (Phi) is 4.78. The zero-order valence-electron chi connectivity index (χ0n) is 13.7. The average molecular weight is 297 g/mol. The molecule has 6 nitrogen and oxygen atoms in total. The zero-order chi connectivity index (χ0) is 15.6. The predicted molar refractivity (Wildman–Crippen MR) is 80.6 cm³/mol. The van der Waals surface area contributed by atoms with E-state index in [2.05, 4.69) is 17.3 Å². The highest BCUT2D eigenvalue weighted by molar-refractivity contribution is 5.68. The Labute approximate surface area is 127 Å². The van der Waals surface area contributed by atoms with Crippen LogP contribution in [0, 0.1) is 0 Å². The van der Waals surface area contributed by atoms with Crippen LogP contribution in [-0.2, 0) is 9.57 Å². The summed E-state index contributed by atoms with van der Waals surface area (Å²) >= 11 is 0. The second-order valence-electron chi connectivity index (χ2n) is 6.77. The summed E-state index contributed by atoms with van der Waals surface area (Å²) in [6.45, 7) is 13.8. The van der Waals surface area contributed by atoms with E-state index in [1.165, 1.54) is 5.57 Å². The lowest BCUT2D eigenvalue weighted by Gasteiger charge is -2.36.